The maximum atomic E-state index is 13.3. The van der Waals surface area contributed by atoms with E-state index in [9.17, 15) is 9.18 Å². The predicted molar refractivity (Wildman–Crippen MR) is 110 cm³/mol. The first-order valence-electron chi connectivity index (χ1n) is 9.30. The lowest BCUT2D eigenvalue weighted by Gasteiger charge is -2.22. The summed E-state index contributed by atoms with van der Waals surface area (Å²) in [6, 6.07) is 12.3. The zero-order valence-corrected chi connectivity index (χ0v) is 16.3. The van der Waals surface area contributed by atoms with E-state index in [2.05, 4.69) is 21.4 Å². The van der Waals surface area contributed by atoms with Gasteiger partial charge in [0.2, 0.25) is 0 Å². The van der Waals surface area contributed by atoms with E-state index < -0.39 is 0 Å². The van der Waals surface area contributed by atoms with E-state index in [0.717, 1.165) is 35.1 Å². The molecule has 1 aliphatic heterocycles. The standard InChI is InChI=1S/C21H22ClFN4O/c1-24-17(13-26-9-8-25-21(26)28)10-14-12-27(18-5-3-16(23)4-6-18)20-7-2-15(22)11-19(14)20/h2-7,11-12,17,24H,8-10,13H2,1H3,(H,25,28). The SMILES string of the molecule is CNC(Cc1cn(-c2ccc(F)cc2)c2ccc(Cl)cc12)CN1CCNC1=O. The lowest BCUT2D eigenvalue weighted by molar-refractivity contribution is 0.212. The van der Waals surface area contributed by atoms with Crippen molar-refractivity contribution in [3.63, 3.8) is 0 Å². The fraction of sp³-hybridized carbons (Fsp3) is 0.286. The summed E-state index contributed by atoms with van der Waals surface area (Å²) < 4.78 is 15.4. The molecule has 5 nitrogen and oxygen atoms in total. The second kappa shape index (κ2) is 7.81. The monoisotopic (exact) mass is 400 g/mol. The number of rotatable bonds is 6. The van der Waals surface area contributed by atoms with Crippen molar-refractivity contribution in [3.8, 4) is 5.69 Å². The first-order valence-corrected chi connectivity index (χ1v) is 9.68. The Kier molecular flexibility index (Phi) is 5.24. The van der Waals surface area contributed by atoms with Crippen LogP contribution in [0.1, 0.15) is 5.56 Å². The number of nitrogens with one attached hydrogen (secondary N) is 2. The smallest absolute Gasteiger partial charge is 0.317 e. The molecule has 1 aliphatic rings. The van der Waals surface area contributed by atoms with E-state index in [1.807, 2.05) is 30.1 Å². The Morgan fingerprint density at radius 1 is 1.25 bits per heavy atom. The molecule has 2 heterocycles. The van der Waals surface area contributed by atoms with Crippen LogP contribution < -0.4 is 10.6 Å². The number of carbonyl (C=O) groups is 1. The third-order valence-electron chi connectivity index (χ3n) is 5.21. The molecule has 146 valence electrons. The topological polar surface area (TPSA) is 49.3 Å². The molecule has 1 atom stereocenters. The van der Waals surface area contributed by atoms with Crippen LogP contribution in [0.2, 0.25) is 5.02 Å². The van der Waals surface area contributed by atoms with Gasteiger partial charge in [-0.15, -0.1) is 0 Å². The minimum Gasteiger partial charge on any atom is -0.336 e. The van der Waals surface area contributed by atoms with Crippen LogP contribution in [0.3, 0.4) is 0 Å². The maximum absolute atomic E-state index is 13.3. The van der Waals surface area contributed by atoms with Gasteiger partial charge in [-0.1, -0.05) is 11.6 Å². The molecule has 7 heteroatoms. The molecule has 0 bridgehead atoms. The largest absolute Gasteiger partial charge is 0.336 e. The normalized spacial score (nSPS) is 15.2. The summed E-state index contributed by atoms with van der Waals surface area (Å²) in [4.78, 5) is 13.7. The van der Waals surface area contributed by atoms with Gasteiger partial charge in [0.15, 0.2) is 0 Å². The number of hydrogen-bond donors (Lipinski definition) is 2. The number of benzene rings is 2. The number of amides is 2. The second-order valence-electron chi connectivity index (χ2n) is 7.03. The van der Waals surface area contributed by atoms with Crippen molar-refractivity contribution in [1.29, 1.82) is 0 Å². The number of nitrogens with zero attached hydrogens (tertiary/aromatic N) is 2. The molecule has 1 fully saturated rings. The summed E-state index contributed by atoms with van der Waals surface area (Å²) in [7, 11) is 1.91. The van der Waals surface area contributed by atoms with Gasteiger partial charge in [0.05, 0.1) is 5.52 Å². The van der Waals surface area contributed by atoms with E-state index in [4.69, 9.17) is 11.6 Å². The fourth-order valence-electron chi connectivity index (χ4n) is 3.72. The van der Waals surface area contributed by atoms with Crippen molar-refractivity contribution < 1.29 is 9.18 Å². The Hall–Kier alpha value is -2.57. The Morgan fingerprint density at radius 2 is 2.04 bits per heavy atom. The second-order valence-corrected chi connectivity index (χ2v) is 7.47. The number of hydrogen-bond acceptors (Lipinski definition) is 2. The van der Waals surface area contributed by atoms with Crippen LogP contribution in [0.4, 0.5) is 9.18 Å². The minimum atomic E-state index is -0.261. The summed E-state index contributed by atoms with van der Waals surface area (Å²) >= 11 is 6.26. The van der Waals surface area contributed by atoms with Crippen LogP contribution in [0, 0.1) is 5.82 Å². The van der Waals surface area contributed by atoms with Crippen LogP contribution >= 0.6 is 11.6 Å². The number of urea groups is 1. The first kappa shape index (κ1) is 18.8. The molecule has 0 aliphatic carbocycles. The van der Waals surface area contributed by atoms with Gasteiger partial charge in [-0.25, -0.2) is 9.18 Å². The molecule has 0 saturated carbocycles. The van der Waals surface area contributed by atoms with Crippen LogP contribution in [-0.4, -0.2) is 48.2 Å². The summed E-state index contributed by atoms with van der Waals surface area (Å²) in [5.74, 6) is -0.261. The molecule has 2 N–H and O–H groups in total. The summed E-state index contributed by atoms with van der Waals surface area (Å²) in [5.41, 5.74) is 3.03. The van der Waals surface area contributed by atoms with Crippen LogP contribution in [0.15, 0.2) is 48.7 Å². The van der Waals surface area contributed by atoms with Gasteiger partial charge in [-0.05, 0) is 61.5 Å². The van der Waals surface area contributed by atoms with E-state index >= 15 is 0 Å². The van der Waals surface area contributed by atoms with Gasteiger partial charge < -0.3 is 20.1 Å². The summed E-state index contributed by atoms with van der Waals surface area (Å²) in [5, 5.41) is 7.89. The van der Waals surface area contributed by atoms with Crippen LogP contribution in [0.5, 0.6) is 0 Å². The molecule has 28 heavy (non-hydrogen) atoms. The molecule has 2 aromatic carbocycles. The molecule has 4 rings (SSSR count). The molecular formula is C21H22ClFN4O. The molecule has 1 aromatic heterocycles. The predicted octanol–water partition coefficient (Wildman–Crippen LogP) is 3.58. The lowest BCUT2D eigenvalue weighted by atomic mass is 10.0. The van der Waals surface area contributed by atoms with Gasteiger partial charge in [-0.2, -0.15) is 0 Å². The molecule has 0 radical (unpaired) electrons. The number of aromatic nitrogens is 1. The quantitative estimate of drug-likeness (QED) is 0.664. The number of halogens is 2. The van der Waals surface area contributed by atoms with E-state index in [1.54, 1.807) is 12.1 Å². The minimum absolute atomic E-state index is 0.0166. The first-order chi connectivity index (χ1) is 13.5. The lowest BCUT2D eigenvalue weighted by Crippen LogP contribution is -2.42. The Morgan fingerprint density at radius 3 is 2.71 bits per heavy atom. The van der Waals surface area contributed by atoms with Gasteiger partial charge in [0.1, 0.15) is 5.82 Å². The molecule has 1 saturated heterocycles. The maximum Gasteiger partial charge on any atom is 0.317 e. The van der Waals surface area contributed by atoms with Crippen LogP contribution in [0.25, 0.3) is 16.6 Å². The van der Waals surface area contributed by atoms with E-state index in [1.165, 1.54) is 12.1 Å². The van der Waals surface area contributed by atoms with Crippen molar-refractivity contribution in [2.45, 2.75) is 12.5 Å². The Balaban J connectivity index is 1.68. The highest BCUT2D eigenvalue weighted by Gasteiger charge is 2.23. The molecule has 1 unspecified atom stereocenters. The van der Waals surface area contributed by atoms with Crippen LogP contribution in [-0.2, 0) is 6.42 Å². The molecule has 0 spiro atoms. The van der Waals surface area contributed by atoms with Crippen molar-refractivity contribution >= 4 is 28.5 Å². The van der Waals surface area contributed by atoms with Crippen molar-refractivity contribution in [2.75, 3.05) is 26.7 Å². The number of carbonyl (C=O) groups excluding carboxylic acids is 1. The van der Waals surface area contributed by atoms with Gasteiger partial charge >= 0.3 is 6.03 Å². The zero-order chi connectivity index (χ0) is 19.7. The van der Waals surface area contributed by atoms with Gasteiger partial charge in [-0.3, -0.25) is 0 Å². The zero-order valence-electron chi connectivity index (χ0n) is 15.6. The third kappa shape index (κ3) is 3.70. The molecule has 3 aromatic rings. The Labute approximate surface area is 168 Å². The highest BCUT2D eigenvalue weighted by atomic mass is 35.5. The van der Waals surface area contributed by atoms with Gasteiger partial charge in [0.25, 0.3) is 0 Å². The Bertz CT molecular complexity index is 1000. The fourth-order valence-corrected chi connectivity index (χ4v) is 3.90. The summed E-state index contributed by atoms with van der Waals surface area (Å²) in [6.07, 6.45) is 2.81. The van der Waals surface area contributed by atoms with E-state index in [0.29, 0.717) is 18.1 Å². The molecule has 2 amide bonds. The van der Waals surface area contributed by atoms with Gasteiger partial charge in [0, 0.05) is 48.0 Å². The highest BCUT2D eigenvalue weighted by Crippen LogP contribution is 2.29. The number of fused-ring (bicyclic) bond motifs is 1. The van der Waals surface area contributed by atoms with Crippen molar-refractivity contribution in [2.24, 2.45) is 0 Å². The van der Waals surface area contributed by atoms with E-state index in [-0.39, 0.29) is 17.9 Å². The average Bonchev–Trinajstić information content (AvgIpc) is 3.25. The van der Waals surface area contributed by atoms with Crippen molar-refractivity contribution in [1.82, 2.24) is 20.1 Å². The molecular weight excluding hydrogens is 379 g/mol. The highest BCUT2D eigenvalue weighted by molar-refractivity contribution is 6.31. The average molecular weight is 401 g/mol. The van der Waals surface area contributed by atoms with Crippen molar-refractivity contribution in [3.05, 3.63) is 65.1 Å². The number of likely N-dealkylation sites (N-methyl/N-ethyl adjacent to an activating group) is 1. The summed E-state index contributed by atoms with van der Waals surface area (Å²) in [6.45, 7) is 2.04. The third-order valence-corrected chi connectivity index (χ3v) is 5.45.